The van der Waals surface area contributed by atoms with Crippen molar-refractivity contribution >= 4 is 17.9 Å². The van der Waals surface area contributed by atoms with Gasteiger partial charge in [0.05, 0.1) is 18.1 Å². The lowest BCUT2D eigenvalue weighted by atomic mass is 9.78. The van der Waals surface area contributed by atoms with E-state index in [2.05, 4.69) is 6.92 Å². The van der Waals surface area contributed by atoms with Crippen molar-refractivity contribution in [1.29, 1.82) is 0 Å². The fourth-order valence-electron chi connectivity index (χ4n) is 4.14. The van der Waals surface area contributed by atoms with Gasteiger partial charge >= 0.3 is 17.9 Å². The molecule has 0 spiro atoms. The molecule has 0 aliphatic carbocycles. The molecule has 1 aliphatic heterocycles. The fraction of sp³-hybridized carbons (Fsp3) is 0.792. The number of aliphatic hydroxyl groups is 3. The fourth-order valence-corrected chi connectivity index (χ4v) is 4.14. The first kappa shape index (κ1) is 29.1. The maximum absolute atomic E-state index is 12.6. The van der Waals surface area contributed by atoms with Gasteiger partial charge in [0.1, 0.15) is 23.9 Å². The molecule has 0 bridgehead atoms. The smallest absolute Gasteiger partial charge is 0.330 e. The summed E-state index contributed by atoms with van der Waals surface area (Å²) in [4.78, 5) is 36.6. The van der Waals surface area contributed by atoms with Gasteiger partial charge in [0, 0.05) is 18.9 Å². The lowest BCUT2D eigenvalue weighted by Gasteiger charge is -2.40. The minimum Gasteiger partial charge on any atom is -0.458 e. The number of hydrogen-bond donors (Lipinski definition) is 3. The SMILES string of the molecule is CCCCCC[C@@H](O)/C=C\C(=O)O[C@@H]1[C@@H](C)[C@H](O)[C@@](C)(O)[C@H](OC(C)=O)[C@@H](C)C(=O)O[C@H]1C. The average molecular weight is 473 g/mol. The van der Waals surface area contributed by atoms with E-state index in [1.165, 1.54) is 33.8 Å². The summed E-state index contributed by atoms with van der Waals surface area (Å²) in [7, 11) is 0. The van der Waals surface area contributed by atoms with Crippen molar-refractivity contribution in [3.05, 3.63) is 12.2 Å². The Hall–Kier alpha value is -1.97. The van der Waals surface area contributed by atoms with Crippen molar-refractivity contribution in [1.82, 2.24) is 0 Å². The predicted octanol–water partition coefficient (Wildman–Crippen LogP) is 2.05. The predicted molar refractivity (Wildman–Crippen MR) is 120 cm³/mol. The quantitative estimate of drug-likeness (QED) is 0.199. The van der Waals surface area contributed by atoms with E-state index in [1.54, 1.807) is 0 Å². The van der Waals surface area contributed by atoms with Crippen LogP contribution in [0.5, 0.6) is 0 Å². The molecule has 33 heavy (non-hydrogen) atoms. The summed E-state index contributed by atoms with van der Waals surface area (Å²) in [6.07, 6.45) is 1.24. The first-order valence-corrected chi connectivity index (χ1v) is 11.7. The summed E-state index contributed by atoms with van der Waals surface area (Å²) < 4.78 is 16.1. The number of hydrogen-bond acceptors (Lipinski definition) is 9. The Kier molecular flexibility index (Phi) is 11.5. The maximum Gasteiger partial charge on any atom is 0.330 e. The highest BCUT2D eigenvalue weighted by Crippen LogP contribution is 2.34. The van der Waals surface area contributed by atoms with Crippen molar-refractivity contribution in [2.45, 2.75) is 110 Å². The van der Waals surface area contributed by atoms with E-state index in [0.717, 1.165) is 38.7 Å². The van der Waals surface area contributed by atoms with Crippen LogP contribution in [-0.2, 0) is 28.6 Å². The second kappa shape index (κ2) is 13.1. The molecule has 0 radical (unpaired) electrons. The normalized spacial score (nSPS) is 34.0. The monoisotopic (exact) mass is 472 g/mol. The van der Waals surface area contributed by atoms with E-state index in [0.29, 0.717) is 6.42 Å². The van der Waals surface area contributed by atoms with Gasteiger partial charge in [-0.3, -0.25) is 9.59 Å². The Bertz CT molecular complexity index is 687. The highest BCUT2D eigenvalue weighted by Gasteiger charge is 2.52. The van der Waals surface area contributed by atoms with Crippen LogP contribution in [0.25, 0.3) is 0 Å². The molecule has 1 fully saturated rings. The summed E-state index contributed by atoms with van der Waals surface area (Å²) >= 11 is 0. The standard InChI is InChI=1S/C24H40O9/c1-7-8-9-10-11-18(26)12-13-19(27)33-20-14(2)21(28)24(6,30)22(32-17(5)25)15(3)23(29)31-16(20)4/h12-16,18,20-22,26,28,30H,7-11H2,1-6H3/b13-12-/t14-,15-,16+,18-,20-,21+,22-,24-/m1/s1. The second-order valence-electron chi connectivity index (χ2n) is 9.17. The maximum atomic E-state index is 12.6. The van der Waals surface area contributed by atoms with Crippen LogP contribution in [0.3, 0.4) is 0 Å². The van der Waals surface area contributed by atoms with Crippen LogP contribution in [0.1, 0.15) is 73.6 Å². The molecule has 0 amide bonds. The van der Waals surface area contributed by atoms with Crippen LogP contribution in [0, 0.1) is 11.8 Å². The molecule has 1 aliphatic rings. The van der Waals surface area contributed by atoms with Crippen LogP contribution in [0.4, 0.5) is 0 Å². The number of rotatable bonds is 9. The molecule has 0 aromatic heterocycles. The summed E-state index contributed by atoms with van der Waals surface area (Å²) in [5.41, 5.74) is -2.03. The van der Waals surface area contributed by atoms with Crippen LogP contribution in [0.15, 0.2) is 12.2 Å². The zero-order valence-electron chi connectivity index (χ0n) is 20.5. The minimum absolute atomic E-state index is 0.522. The van der Waals surface area contributed by atoms with E-state index in [9.17, 15) is 29.7 Å². The van der Waals surface area contributed by atoms with Crippen molar-refractivity contribution in [3.63, 3.8) is 0 Å². The van der Waals surface area contributed by atoms with Gasteiger partial charge in [-0.1, -0.05) is 39.5 Å². The van der Waals surface area contributed by atoms with Gasteiger partial charge in [0.25, 0.3) is 0 Å². The molecule has 9 heteroatoms. The molecule has 1 heterocycles. The summed E-state index contributed by atoms with van der Waals surface area (Å²) in [5, 5.41) is 32.0. The summed E-state index contributed by atoms with van der Waals surface area (Å²) in [6.45, 7) is 8.96. The van der Waals surface area contributed by atoms with E-state index in [1.807, 2.05) is 0 Å². The highest BCUT2D eigenvalue weighted by molar-refractivity contribution is 5.82. The topological polar surface area (TPSA) is 140 Å². The minimum atomic E-state index is -2.03. The summed E-state index contributed by atoms with van der Waals surface area (Å²) in [5.74, 6) is -4.24. The van der Waals surface area contributed by atoms with E-state index < -0.39 is 65.9 Å². The largest absolute Gasteiger partial charge is 0.458 e. The van der Waals surface area contributed by atoms with E-state index in [4.69, 9.17) is 14.2 Å². The Morgan fingerprint density at radius 3 is 2.39 bits per heavy atom. The first-order valence-electron chi connectivity index (χ1n) is 11.7. The van der Waals surface area contributed by atoms with Gasteiger partial charge in [-0.15, -0.1) is 0 Å². The zero-order chi connectivity index (χ0) is 25.3. The Labute approximate surface area is 196 Å². The van der Waals surface area contributed by atoms with Crippen molar-refractivity contribution in [2.75, 3.05) is 0 Å². The number of carbonyl (C=O) groups is 3. The van der Waals surface area contributed by atoms with E-state index in [-0.39, 0.29) is 0 Å². The van der Waals surface area contributed by atoms with Gasteiger partial charge in [0.2, 0.25) is 0 Å². The lowest BCUT2D eigenvalue weighted by Crippen LogP contribution is -2.58. The molecule has 1 rings (SSSR count). The molecule has 8 atom stereocenters. The average Bonchev–Trinajstić information content (AvgIpc) is 2.75. The van der Waals surface area contributed by atoms with Gasteiger partial charge in [-0.05, 0) is 33.3 Å². The molecule has 0 unspecified atom stereocenters. The van der Waals surface area contributed by atoms with E-state index >= 15 is 0 Å². The number of carbonyl (C=O) groups excluding carboxylic acids is 3. The van der Waals surface area contributed by atoms with Crippen molar-refractivity contribution < 1.29 is 43.9 Å². The van der Waals surface area contributed by atoms with Crippen molar-refractivity contribution in [2.24, 2.45) is 11.8 Å². The number of cyclic esters (lactones) is 1. The highest BCUT2D eigenvalue weighted by atomic mass is 16.6. The number of ether oxygens (including phenoxy) is 3. The van der Waals surface area contributed by atoms with Gasteiger partial charge in [-0.2, -0.15) is 0 Å². The first-order chi connectivity index (χ1) is 15.3. The third-order valence-electron chi connectivity index (χ3n) is 6.13. The van der Waals surface area contributed by atoms with Crippen LogP contribution >= 0.6 is 0 Å². The van der Waals surface area contributed by atoms with Crippen LogP contribution in [0.2, 0.25) is 0 Å². The molecule has 1 saturated heterocycles. The molecular weight excluding hydrogens is 432 g/mol. The molecule has 0 aromatic carbocycles. The second-order valence-corrected chi connectivity index (χ2v) is 9.17. The summed E-state index contributed by atoms with van der Waals surface area (Å²) in [6, 6.07) is 0. The van der Waals surface area contributed by atoms with Crippen LogP contribution in [-0.4, -0.2) is 69.3 Å². The Morgan fingerprint density at radius 1 is 1.18 bits per heavy atom. The lowest BCUT2D eigenvalue weighted by molar-refractivity contribution is -0.198. The number of esters is 3. The number of unbranched alkanes of at least 4 members (excludes halogenated alkanes) is 3. The van der Waals surface area contributed by atoms with Gasteiger partial charge in [-0.25, -0.2) is 4.79 Å². The molecule has 0 saturated carbocycles. The Balaban J connectivity index is 3.01. The molecule has 3 N–H and O–H groups in total. The molecule has 190 valence electrons. The van der Waals surface area contributed by atoms with Crippen LogP contribution < -0.4 is 0 Å². The third-order valence-corrected chi connectivity index (χ3v) is 6.13. The molecular formula is C24H40O9. The zero-order valence-corrected chi connectivity index (χ0v) is 20.5. The third kappa shape index (κ3) is 8.39. The molecule has 9 nitrogen and oxygen atoms in total. The van der Waals surface area contributed by atoms with Gasteiger partial charge < -0.3 is 29.5 Å². The molecule has 0 aromatic rings. The number of aliphatic hydroxyl groups excluding tert-OH is 2. The van der Waals surface area contributed by atoms with Crippen molar-refractivity contribution in [3.8, 4) is 0 Å². The van der Waals surface area contributed by atoms with Gasteiger partial charge in [0.15, 0.2) is 0 Å². The Morgan fingerprint density at radius 2 is 1.82 bits per heavy atom.